The molecule has 3 nitrogen and oxygen atoms in total. The monoisotopic (exact) mass is 263 g/mol. The standard InChI is InChI=1S/C14H18ClN3/c1-4-18-9-12(8-16-18)11(3)17-14-7-10(2)5-6-13(14)15/h5-9,11,17H,4H2,1-3H3. The third-order valence-corrected chi connectivity index (χ3v) is 3.30. The van der Waals surface area contributed by atoms with E-state index in [2.05, 4.69) is 43.4 Å². The highest BCUT2D eigenvalue weighted by molar-refractivity contribution is 6.33. The molecule has 0 amide bonds. The van der Waals surface area contributed by atoms with E-state index in [4.69, 9.17) is 11.6 Å². The first kappa shape index (κ1) is 13.0. The molecule has 2 aromatic rings. The molecular weight excluding hydrogens is 246 g/mol. The topological polar surface area (TPSA) is 29.9 Å². The molecule has 0 spiro atoms. The largest absolute Gasteiger partial charge is 0.377 e. The highest BCUT2D eigenvalue weighted by Crippen LogP contribution is 2.26. The molecule has 2 rings (SSSR count). The molecule has 1 aromatic heterocycles. The summed E-state index contributed by atoms with van der Waals surface area (Å²) in [4.78, 5) is 0. The Morgan fingerprint density at radius 2 is 2.22 bits per heavy atom. The van der Waals surface area contributed by atoms with Crippen LogP contribution in [0.25, 0.3) is 0 Å². The number of aryl methyl sites for hydroxylation is 2. The lowest BCUT2D eigenvalue weighted by molar-refractivity contribution is 0.658. The molecule has 0 radical (unpaired) electrons. The van der Waals surface area contributed by atoms with E-state index in [9.17, 15) is 0 Å². The number of nitrogens with zero attached hydrogens (tertiary/aromatic N) is 2. The van der Waals surface area contributed by atoms with Crippen LogP contribution in [0.15, 0.2) is 30.6 Å². The van der Waals surface area contributed by atoms with Crippen molar-refractivity contribution in [2.24, 2.45) is 0 Å². The van der Waals surface area contributed by atoms with Crippen LogP contribution in [0.1, 0.15) is 31.0 Å². The van der Waals surface area contributed by atoms with Gasteiger partial charge >= 0.3 is 0 Å². The van der Waals surface area contributed by atoms with Gasteiger partial charge in [-0.1, -0.05) is 17.7 Å². The lowest BCUT2D eigenvalue weighted by Crippen LogP contribution is -2.06. The second-order valence-corrected chi connectivity index (χ2v) is 4.89. The van der Waals surface area contributed by atoms with Gasteiger partial charge in [0, 0.05) is 18.3 Å². The number of rotatable bonds is 4. The van der Waals surface area contributed by atoms with E-state index >= 15 is 0 Å². The van der Waals surface area contributed by atoms with Gasteiger partial charge in [0.05, 0.1) is 22.9 Å². The quantitative estimate of drug-likeness (QED) is 0.902. The molecule has 0 aliphatic rings. The summed E-state index contributed by atoms with van der Waals surface area (Å²) in [5, 5.41) is 8.45. The number of anilines is 1. The van der Waals surface area contributed by atoms with Crippen molar-refractivity contribution in [1.29, 1.82) is 0 Å². The Morgan fingerprint density at radius 3 is 2.89 bits per heavy atom. The first-order chi connectivity index (χ1) is 8.60. The van der Waals surface area contributed by atoms with Gasteiger partial charge in [-0.3, -0.25) is 4.68 Å². The van der Waals surface area contributed by atoms with Gasteiger partial charge in [0.2, 0.25) is 0 Å². The Labute approximate surface area is 113 Å². The van der Waals surface area contributed by atoms with E-state index in [-0.39, 0.29) is 6.04 Å². The molecule has 1 heterocycles. The summed E-state index contributed by atoms with van der Waals surface area (Å²) < 4.78 is 1.92. The minimum atomic E-state index is 0.185. The maximum absolute atomic E-state index is 6.18. The van der Waals surface area contributed by atoms with Crippen molar-refractivity contribution in [3.63, 3.8) is 0 Å². The molecule has 0 saturated heterocycles. The molecule has 0 fully saturated rings. The van der Waals surface area contributed by atoms with E-state index in [1.165, 1.54) is 5.56 Å². The molecule has 0 bridgehead atoms. The van der Waals surface area contributed by atoms with Crippen LogP contribution in [-0.2, 0) is 6.54 Å². The van der Waals surface area contributed by atoms with Crippen LogP contribution in [0.5, 0.6) is 0 Å². The molecular formula is C14H18ClN3. The Bertz CT molecular complexity index is 534. The Hall–Kier alpha value is -1.48. The average molecular weight is 264 g/mol. The van der Waals surface area contributed by atoms with Gasteiger partial charge in [0.25, 0.3) is 0 Å². The normalized spacial score (nSPS) is 12.4. The zero-order chi connectivity index (χ0) is 13.1. The van der Waals surface area contributed by atoms with E-state index in [1.807, 2.05) is 23.0 Å². The van der Waals surface area contributed by atoms with Gasteiger partial charge in [-0.2, -0.15) is 5.10 Å². The number of aromatic nitrogens is 2. The van der Waals surface area contributed by atoms with Gasteiger partial charge in [-0.05, 0) is 38.5 Å². The molecule has 0 aliphatic heterocycles. The van der Waals surface area contributed by atoms with Crippen molar-refractivity contribution in [3.05, 3.63) is 46.7 Å². The van der Waals surface area contributed by atoms with E-state index in [0.29, 0.717) is 0 Å². The van der Waals surface area contributed by atoms with Crippen LogP contribution < -0.4 is 5.32 Å². The number of hydrogen-bond donors (Lipinski definition) is 1. The van der Waals surface area contributed by atoms with E-state index < -0.39 is 0 Å². The summed E-state index contributed by atoms with van der Waals surface area (Å²) in [5.41, 5.74) is 3.32. The molecule has 0 aliphatic carbocycles. The van der Waals surface area contributed by atoms with Crippen molar-refractivity contribution in [2.45, 2.75) is 33.4 Å². The third-order valence-electron chi connectivity index (χ3n) is 2.97. The SMILES string of the molecule is CCn1cc(C(C)Nc2cc(C)ccc2Cl)cn1. The Balaban J connectivity index is 2.15. The van der Waals surface area contributed by atoms with Crippen molar-refractivity contribution >= 4 is 17.3 Å². The molecule has 1 N–H and O–H groups in total. The molecule has 1 unspecified atom stereocenters. The van der Waals surface area contributed by atoms with Gasteiger partial charge < -0.3 is 5.32 Å². The molecule has 0 saturated carbocycles. The number of halogens is 1. The number of benzene rings is 1. The Kier molecular flexibility index (Phi) is 3.92. The van der Waals surface area contributed by atoms with Crippen LogP contribution in [0.2, 0.25) is 5.02 Å². The van der Waals surface area contributed by atoms with E-state index in [1.54, 1.807) is 0 Å². The van der Waals surface area contributed by atoms with Gasteiger partial charge in [-0.25, -0.2) is 0 Å². The van der Waals surface area contributed by atoms with Gasteiger partial charge in [0.1, 0.15) is 0 Å². The fourth-order valence-corrected chi connectivity index (χ4v) is 2.01. The first-order valence-electron chi connectivity index (χ1n) is 6.15. The summed E-state index contributed by atoms with van der Waals surface area (Å²) in [7, 11) is 0. The van der Waals surface area contributed by atoms with Crippen molar-refractivity contribution in [1.82, 2.24) is 9.78 Å². The zero-order valence-electron chi connectivity index (χ0n) is 10.9. The second kappa shape index (κ2) is 5.44. The summed E-state index contributed by atoms with van der Waals surface area (Å²) in [6, 6.07) is 6.17. The maximum Gasteiger partial charge on any atom is 0.0637 e. The first-order valence-corrected chi connectivity index (χ1v) is 6.53. The predicted octanol–water partition coefficient (Wildman–Crippen LogP) is 4.04. The average Bonchev–Trinajstić information content (AvgIpc) is 2.82. The molecule has 4 heteroatoms. The number of nitrogens with one attached hydrogen (secondary N) is 1. The van der Waals surface area contributed by atoms with Crippen molar-refractivity contribution < 1.29 is 0 Å². The van der Waals surface area contributed by atoms with Gasteiger partial charge in [0.15, 0.2) is 0 Å². The van der Waals surface area contributed by atoms with Crippen LogP contribution in [0.3, 0.4) is 0 Å². The van der Waals surface area contributed by atoms with E-state index in [0.717, 1.165) is 22.8 Å². The van der Waals surface area contributed by atoms with Gasteiger partial charge in [-0.15, -0.1) is 0 Å². The second-order valence-electron chi connectivity index (χ2n) is 4.48. The highest BCUT2D eigenvalue weighted by Gasteiger charge is 2.09. The third kappa shape index (κ3) is 2.85. The summed E-state index contributed by atoms with van der Waals surface area (Å²) in [6.07, 6.45) is 3.95. The smallest absolute Gasteiger partial charge is 0.0637 e. The minimum absolute atomic E-state index is 0.185. The van der Waals surface area contributed by atoms with Crippen molar-refractivity contribution in [2.75, 3.05) is 5.32 Å². The lowest BCUT2D eigenvalue weighted by atomic mass is 10.1. The highest BCUT2D eigenvalue weighted by atomic mass is 35.5. The van der Waals surface area contributed by atoms with Crippen LogP contribution in [0, 0.1) is 6.92 Å². The number of hydrogen-bond acceptors (Lipinski definition) is 2. The minimum Gasteiger partial charge on any atom is -0.377 e. The fourth-order valence-electron chi connectivity index (χ4n) is 1.84. The molecule has 18 heavy (non-hydrogen) atoms. The molecule has 1 atom stereocenters. The predicted molar refractivity (Wildman–Crippen MR) is 76.1 cm³/mol. The summed E-state index contributed by atoms with van der Waals surface area (Å²) >= 11 is 6.18. The Morgan fingerprint density at radius 1 is 1.44 bits per heavy atom. The van der Waals surface area contributed by atoms with Crippen LogP contribution in [-0.4, -0.2) is 9.78 Å². The van der Waals surface area contributed by atoms with Crippen LogP contribution >= 0.6 is 11.6 Å². The lowest BCUT2D eigenvalue weighted by Gasteiger charge is -2.15. The maximum atomic E-state index is 6.18. The molecule has 1 aromatic carbocycles. The fraction of sp³-hybridized carbons (Fsp3) is 0.357. The van der Waals surface area contributed by atoms with Crippen molar-refractivity contribution in [3.8, 4) is 0 Å². The summed E-state index contributed by atoms with van der Waals surface area (Å²) in [6.45, 7) is 7.13. The van der Waals surface area contributed by atoms with Crippen LogP contribution in [0.4, 0.5) is 5.69 Å². The molecule has 96 valence electrons. The summed E-state index contributed by atoms with van der Waals surface area (Å²) in [5.74, 6) is 0. The zero-order valence-corrected chi connectivity index (χ0v) is 11.7.